The van der Waals surface area contributed by atoms with Gasteiger partial charge in [-0.25, -0.2) is 15.0 Å². The summed E-state index contributed by atoms with van der Waals surface area (Å²) in [6.45, 7) is 2.90. The molecule has 1 aromatic carbocycles. The summed E-state index contributed by atoms with van der Waals surface area (Å²) in [4.78, 5) is 22.3. The fourth-order valence-electron chi connectivity index (χ4n) is 4.18. The number of anilines is 1. The van der Waals surface area contributed by atoms with Gasteiger partial charge in [-0.1, -0.05) is 18.2 Å². The molecule has 6 nitrogen and oxygen atoms in total. The number of rotatable bonds is 4. The van der Waals surface area contributed by atoms with Crippen LogP contribution in [0, 0.1) is 0 Å². The van der Waals surface area contributed by atoms with Gasteiger partial charge in [0.25, 0.3) is 0 Å². The molecule has 5 aromatic rings. The highest BCUT2D eigenvalue weighted by atomic mass is 15.0. The van der Waals surface area contributed by atoms with Gasteiger partial charge in [0.1, 0.15) is 11.5 Å². The van der Waals surface area contributed by atoms with Crippen LogP contribution in [0.15, 0.2) is 48.9 Å². The summed E-state index contributed by atoms with van der Waals surface area (Å²) in [6, 6.07) is 10.2. The highest BCUT2D eigenvalue weighted by Gasteiger charge is 2.28. The number of nitrogens with zero attached hydrogens (tertiary/aromatic N) is 4. The molecule has 0 bridgehead atoms. The van der Waals surface area contributed by atoms with E-state index in [1.165, 1.54) is 18.4 Å². The van der Waals surface area contributed by atoms with Gasteiger partial charge in [-0.05, 0) is 43.4 Å². The van der Waals surface area contributed by atoms with Crippen molar-refractivity contribution in [2.24, 2.45) is 0 Å². The van der Waals surface area contributed by atoms with Crippen LogP contribution in [-0.2, 0) is 0 Å². The van der Waals surface area contributed by atoms with Gasteiger partial charge in [0, 0.05) is 46.2 Å². The third-order valence-electron chi connectivity index (χ3n) is 5.64. The predicted molar refractivity (Wildman–Crippen MR) is 116 cm³/mol. The van der Waals surface area contributed by atoms with Crippen LogP contribution in [0.1, 0.15) is 31.2 Å². The van der Waals surface area contributed by atoms with Crippen LogP contribution in [0.5, 0.6) is 0 Å². The van der Waals surface area contributed by atoms with Gasteiger partial charge >= 0.3 is 0 Å². The summed E-state index contributed by atoms with van der Waals surface area (Å²) in [7, 11) is 0. The van der Waals surface area contributed by atoms with Gasteiger partial charge < -0.3 is 10.3 Å². The fourth-order valence-corrected chi connectivity index (χ4v) is 4.18. The van der Waals surface area contributed by atoms with Crippen molar-refractivity contribution in [3.63, 3.8) is 0 Å². The van der Waals surface area contributed by atoms with Crippen molar-refractivity contribution in [2.75, 3.05) is 11.9 Å². The molecule has 0 radical (unpaired) electrons. The van der Waals surface area contributed by atoms with E-state index < -0.39 is 0 Å². The molecule has 1 saturated carbocycles. The van der Waals surface area contributed by atoms with E-state index in [2.05, 4.69) is 39.3 Å². The molecule has 142 valence electrons. The Hall–Kier alpha value is -3.54. The number of para-hydroxylation sites is 1. The smallest absolute Gasteiger partial charge is 0.163 e. The third kappa shape index (κ3) is 2.56. The van der Waals surface area contributed by atoms with E-state index in [0.717, 1.165) is 50.8 Å². The Labute approximate surface area is 167 Å². The molecule has 0 amide bonds. The summed E-state index contributed by atoms with van der Waals surface area (Å²) in [5, 5.41) is 6.75. The number of hydrogen-bond acceptors (Lipinski definition) is 5. The first-order valence-electron chi connectivity index (χ1n) is 10.1. The van der Waals surface area contributed by atoms with E-state index >= 15 is 0 Å². The molecule has 1 fully saturated rings. The number of nitrogens with one attached hydrogen (secondary N) is 2. The number of aromatic amines is 1. The molecule has 0 atom stereocenters. The lowest BCUT2D eigenvalue weighted by molar-refractivity contribution is 1.09. The molecular formula is C23H20N6. The molecule has 1 aliphatic rings. The van der Waals surface area contributed by atoms with E-state index in [0.29, 0.717) is 11.7 Å². The van der Waals surface area contributed by atoms with Crippen LogP contribution in [0.3, 0.4) is 0 Å². The first-order valence-corrected chi connectivity index (χ1v) is 10.1. The summed E-state index contributed by atoms with van der Waals surface area (Å²) in [5.74, 6) is 2.17. The second-order valence-corrected chi connectivity index (χ2v) is 7.58. The van der Waals surface area contributed by atoms with Crippen LogP contribution < -0.4 is 5.32 Å². The lowest BCUT2D eigenvalue weighted by Gasteiger charge is -2.13. The Morgan fingerprint density at radius 1 is 1.07 bits per heavy atom. The number of fused-ring (bicyclic) bond motifs is 4. The lowest BCUT2D eigenvalue weighted by Crippen LogP contribution is -2.05. The Kier molecular flexibility index (Phi) is 3.53. The third-order valence-corrected chi connectivity index (χ3v) is 5.64. The van der Waals surface area contributed by atoms with Crippen molar-refractivity contribution in [3.8, 4) is 11.4 Å². The summed E-state index contributed by atoms with van der Waals surface area (Å²) in [5.41, 5.74) is 5.04. The Morgan fingerprint density at radius 3 is 2.83 bits per heavy atom. The normalized spacial score (nSPS) is 14.1. The van der Waals surface area contributed by atoms with Gasteiger partial charge in [-0.2, -0.15) is 0 Å². The van der Waals surface area contributed by atoms with Crippen molar-refractivity contribution in [1.82, 2.24) is 24.9 Å². The zero-order valence-corrected chi connectivity index (χ0v) is 16.1. The minimum absolute atomic E-state index is 0.583. The molecule has 4 aromatic heterocycles. The van der Waals surface area contributed by atoms with Crippen LogP contribution in [0.4, 0.5) is 5.82 Å². The van der Waals surface area contributed by atoms with E-state index in [-0.39, 0.29) is 0 Å². The van der Waals surface area contributed by atoms with Gasteiger partial charge in [0.05, 0.1) is 11.7 Å². The predicted octanol–water partition coefficient (Wildman–Crippen LogP) is 5.03. The van der Waals surface area contributed by atoms with Crippen LogP contribution in [-0.4, -0.2) is 31.5 Å². The standard InChI is InChI=1S/C23H20N6/c1-2-25-23-20-16(13-7-8-13)11-24-12-18(20)28-21(29-23)15-9-10-26-22-19(15)14-5-3-4-6-17(14)27-22/h3-6,9-13H,2,7-8H2,1H3,(H,26,27)(H,25,28,29). The molecule has 4 heterocycles. The van der Waals surface area contributed by atoms with Gasteiger partial charge in [-0.15, -0.1) is 0 Å². The average molecular weight is 380 g/mol. The average Bonchev–Trinajstić information content (AvgIpc) is 3.53. The minimum Gasteiger partial charge on any atom is -0.370 e. The maximum atomic E-state index is 4.98. The molecule has 29 heavy (non-hydrogen) atoms. The van der Waals surface area contributed by atoms with Gasteiger partial charge in [-0.3, -0.25) is 4.98 Å². The van der Waals surface area contributed by atoms with E-state index in [4.69, 9.17) is 9.97 Å². The first kappa shape index (κ1) is 16.4. The fraction of sp³-hybridized carbons (Fsp3) is 0.217. The van der Waals surface area contributed by atoms with E-state index in [1.54, 1.807) is 0 Å². The molecule has 0 spiro atoms. The van der Waals surface area contributed by atoms with Crippen molar-refractivity contribution in [1.29, 1.82) is 0 Å². The van der Waals surface area contributed by atoms with Crippen LogP contribution in [0.25, 0.3) is 44.2 Å². The zero-order valence-electron chi connectivity index (χ0n) is 16.1. The number of benzene rings is 1. The largest absolute Gasteiger partial charge is 0.370 e. The van der Waals surface area contributed by atoms with E-state index in [1.807, 2.05) is 36.8 Å². The molecule has 0 aliphatic heterocycles. The minimum atomic E-state index is 0.583. The van der Waals surface area contributed by atoms with E-state index in [9.17, 15) is 0 Å². The topological polar surface area (TPSA) is 79.4 Å². The first-order chi connectivity index (χ1) is 14.3. The molecule has 1 aliphatic carbocycles. The quantitative estimate of drug-likeness (QED) is 0.457. The molecular weight excluding hydrogens is 360 g/mol. The van der Waals surface area contributed by atoms with Crippen molar-refractivity contribution < 1.29 is 0 Å². The van der Waals surface area contributed by atoms with Crippen LogP contribution >= 0.6 is 0 Å². The number of aromatic nitrogens is 5. The monoisotopic (exact) mass is 380 g/mol. The Bertz CT molecular complexity index is 1380. The SMILES string of the molecule is CCNc1nc(-c2ccnc3[nH]c4ccccc4c23)nc2cncc(C3CC3)c12. The Morgan fingerprint density at radius 2 is 1.97 bits per heavy atom. The van der Waals surface area contributed by atoms with Gasteiger partial charge in [0.2, 0.25) is 0 Å². The summed E-state index contributed by atoms with van der Waals surface area (Å²) in [6.07, 6.45) is 8.07. The second-order valence-electron chi connectivity index (χ2n) is 7.58. The lowest BCUT2D eigenvalue weighted by atomic mass is 10.1. The summed E-state index contributed by atoms with van der Waals surface area (Å²) < 4.78 is 0. The molecule has 2 N–H and O–H groups in total. The molecule has 0 unspecified atom stereocenters. The van der Waals surface area contributed by atoms with Crippen molar-refractivity contribution in [3.05, 3.63) is 54.5 Å². The molecule has 0 saturated heterocycles. The number of hydrogen-bond donors (Lipinski definition) is 2. The maximum absolute atomic E-state index is 4.98. The molecule has 6 heteroatoms. The Balaban J connectivity index is 1.66. The maximum Gasteiger partial charge on any atom is 0.163 e. The summed E-state index contributed by atoms with van der Waals surface area (Å²) >= 11 is 0. The van der Waals surface area contributed by atoms with Crippen LogP contribution in [0.2, 0.25) is 0 Å². The number of H-pyrrole nitrogens is 1. The highest BCUT2D eigenvalue weighted by Crippen LogP contribution is 2.44. The highest BCUT2D eigenvalue weighted by molar-refractivity contribution is 6.12. The van der Waals surface area contributed by atoms with Gasteiger partial charge in [0.15, 0.2) is 5.82 Å². The second kappa shape index (κ2) is 6.24. The molecule has 6 rings (SSSR count). The number of pyridine rings is 2. The zero-order chi connectivity index (χ0) is 19.4. The van der Waals surface area contributed by atoms with Crippen molar-refractivity contribution in [2.45, 2.75) is 25.7 Å². The van der Waals surface area contributed by atoms with Crippen molar-refractivity contribution >= 4 is 38.7 Å².